The summed E-state index contributed by atoms with van der Waals surface area (Å²) in [5, 5.41) is 18.1. The van der Waals surface area contributed by atoms with Gasteiger partial charge in [0.05, 0.1) is 12.6 Å². The zero-order valence-corrected chi connectivity index (χ0v) is 17.7. The number of aliphatic hydroxyl groups is 1. The lowest BCUT2D eigenvalue weighted by Gasteiger charge is -2.57. The Morgan fingerprint density at radius 2 is 2.11 bits per heavy atom. The quantitative estimate of drug-likeness (QED) is 0.533. The van der Waals surface area contributed by atoms with E-state index in [0.29, 0.717) is 18.1 Å². The van der Waals surface area contributed by atoms with Crippen molar-refractivity contribution < 1.29 is 14.3 Å². The van der Waals surface area contributed by atoms with Crippen LogP contribution < -0.4 is 10.6 Å². The molecule has 3 N–H and O–H groups in total. The van der Waals surface area contributed by atoms with Gasteiger partial charge in [-0.05, 0) is 53.0 Å². The Kier molecular flexibility index (Phi) is 5.21. The third kappa shape index (κ3) is 3.24. The van der Waals surface area contributed by atoms with Gasteiger partial charge in [0.2, 0.25) is 0 Å². The first kappa shape index (κ1) is 19.8. The van der Waals surface area contributed by atoms with E-state index in [1.165, 1.54) is 25.7 Å². The van der Waals surface area contributed by atoms with Gasteiger partial charge >= 0.3 is 0 Å². The SMILES string of the molecule is CCNC(=NCC(C)(O)c1cc(C)oc1C)NC1C2CCOC2C12CCCC2. The van der Waals surface area contributed by atoms with Crippen LogP contribution in [0.3, 0.4) is 0 Å². The molecule has 4 unspecified atom stereocenters. The summed E-state index contributed by atoms with van der Waals surface area (Å²) in [4.78, 5) is 4.76. The molecular weight excluding hydrogens is 354 g/mol. The zero-order valence-electron chi connectivity index (χ0n) is 17.7. The van der Waals surface area contributed by atoms with Gasteiger partial charge in [0.15, 0.2) is 5.96 Å². The van der Waals surface area contributed by atoms with E-state index in [0.717, 1.165) is 42.6 Å². The number of nitrogens with zero attached hydrogens (tertiary/aromatic N) is 1. The summed E-state index contributed by atoms with van der Waals surface area (Å²) in [5.41, 5.74) is 0.0242. The van der Waals surface area contributed by atoms with Gasteiger partial charge < -0.3 is 24.9 Å². The summed E-state index contributed by atoms with van der Waals surface area (Å²) in [5.74, 6) is 2.95. The Balaban J connectivity index is 1.50. The summed E-state index contributed by atoms with van der Waals surface area (Å²) < 4.78 is 11.7. The Morgan fingerprint density at radius 1 is 1.36 bits per heavy atom. The standard InChI is InChI=1S/C22H35N3O3/c1-5-23-20(24-13-21(4,26)17-12-14(2)28-15(17)3)25-18-16-8-11-27-19(16)22(18)9-6-7-10-22/h12,16,18-19,26H,5-11,13H2,1-4H3,(H2,23,24,25). The van der Waals surface area contributed by atoms with Crippen LogP contribution in [0.1, 0.15) is 63.0 Å². The van der Waals surface area contributed by atoms with Gasteiger partial charge in [-0.3, -0.25) is 0 Å². The first-order chi connectivity index (χ1) is 13.4. The first-order valence-corrected chi connectivity index (χ1v) is 10.8. The topological polar surface area (TPSA) is 79.0 Å². The average Bonchev–Trinajstić information content (AvgIpc) is 3.36. The fourth-order valence-corrected chi connectivity index (χ4v) is 5.86. The lowest BCUT2D eigenvalue weighted by Crippen LogP contribution is -2.69. The van der Waals surface area contributed by atoms with Crippen LogP contribution in [0.15, 0.2) is 15.5 Å². The molecule has 0 radical (unpaired) electrons. The molecule has 0 bridgehead atoms. The Hall–Kier alpha value is -1.53. The van der Waals surface area contributed by atoms with Crippen LogP contribution in [0, 0.1) is 25.2 Å². The van der Waals surface area contributed by atoms with Crippen molar-refractivity contribution in [2.45, 2.75) is 77.5 Å². The largest absolute Gasteiger partial charge is 0.466 e. The number of rotatable bonds is 5. The monoisotopic (exact) mass is 389 g/mol. The van der Waals surface area contributed by atoms with Crippen molar-refractivity contribution in [1.82, 2.24) is 10.6 Å². The van der Waals surface area contributed by atoms with Crippen LogP contribution >= 0.6 is 0 Å². The van der Waals surface area contributed by atoms with Gasteiger partial charge in [0, 0.05) is 36.1 Å². The van der Waals surface area contributed by atoms with Gasteiger partial charge in [-0.2, -0.15) is 0 Å². The highest BCUT2D eigenvalue weighted by Gasteiger charge is 2.65. The van der Waals surface area contributed by atoms with E-state index >= 15 is 0 Å². The highest BCUT2D eigenvalue weighted by molar-refractivity contribution is 5.80. The lowest BCUT2D eigenvalue weighted by atomic mass is 9.54. The number of hydrogen-bond donors (Lipinski definition) is 3. The van der Waals surface area contributed by atoms with Gasteiger partial charge in [0.25, 0.3) is 0 Å². The van der Waals surface area contributed by atoms with Gasteiger partial charge in [0.1, 0.15) is 17.1 Å². The molecule has 2 saturated carbocycles. The van der Waals surface area contributed by atoms with Crippen LogP contribution in [0.5, 0.6) is 0 Å². The maximum Gasteiger partial charge on any atom is 0.191 e. The predicted molar refractivity (Wildman–Crippen MR) is 109 cm³/mol. The third-order valence-electron chi connectivity index (χ3n) is 7.09. The molecule has 4 rings (SSSR count). The molecule has 3 fully saturated rings. The number of fused-ring (bicyclic) bond motifs is 2. The van der Waals surface area contributed by atoms with E-state index in [1.54, 1.807) is 6.92 Å². The minimum Gasteiger partial charge on any atom is -0.466 e. The molecule has 2 heterocycles. The maximum absolute atomic E-state index is 11.0. The number of aryl methyl sites for hydroxylation is 2. The predicted octanol–water partition coefficient (Wildman–Crippen LogP) is 3.01. The van der Waals surface area contributed by atoms with E-state index < -0.39 is 5.60 Å². The van der Waals surface area contributed by atoms with Crippen molar-refractivity contribution >= 4 is 5.96 Å². The molecule has 0 amide bonds. The van der Waals surface area contributed by atoms with Crippen molar-refractivity contribution in [1.29, 1.82) is 0 Å². The van der Waals surface area contributed by atoms with Crippen molar-refractivity contribution in [2.75, 3.05) is 19.7 Å². The molecule has 4 atom stereocenters. The second-order valence-electron chi connectivity index (χ2n) is 9.10. The summed E-state index contributed by atoms with van der Waals surface area (Å²) >= 11 is 0. The van der Waals surface area contributed by atoms with Crippen molar-refractivity contribution in [2.24, 2.45) is 16.3 Å². The maximum atomic E-state index is 11.0. The second-order valence-corrected chi connectivity index (χ2v) is 9.10. The highest BCUT2D eigenvalue weighted by Crippen LogP contribution is 2.60. The van der Waals surface area contributed by atoms with Gasteiger partial charge in [-0.1, -0.05) is 12.8 Å². The van der Waals surface area contributed by atoms with Gasteiger partial charge in [-0.15, -0.1) is 0 Å². The number of furan rings is 1. The van der Waals surface area contributed by atoms with Crippen LogP contribution in [0.4, 0.5) is 0 Å². The summed E-state index contributed by atoms with van der Waals surface area (Å²) in [6.07, 6.45) is 6.65. The molecule has 0 aromatic carbocycles. The molecule has 6 heteroatoms. The normalized spacial score (nSPS) is 30.8. The molecule has 3 aliphatic rings. The number of guanidine groups is 1. The molecule has 1 spiro atoms. The van der Waals surface area contributed by atoms with E-state index in [4.69, 9.17) is 14.1 Å². The molecule has 1 saturated heterocycles. The Morgan fingerprint density at radius 3 is 2.75 bits per heavy atom. The van der Waals surface area contributed by atoms with E-state index in [1.807, 2.05) is 19.9 Å². The summed E-state index contributed by atoms with van der Waals surface area (Å²) in [6.45, 7) is 9.64. The average molecular weight is 390 g/mol. The number of nitrogens with one attached hydrogen (secondary N) is 2. The van der Waals surface area contributed by atoms with Crippen LogP contribution in [0.2, 0.25) is 0 Å². The van der Waals surface area contributed by atoms with Crippen LogP contribution in [0.25, 0.3) is 0 Å². The smallest absolute Gasteiger partial charge is 0.191 e. The van der Waals surface area contributed by atoms with E-state index in [2.05, 4.69) is 17.6 Å². The molecule has 1 aromatic heterocycles. The van der Waals surface area contributed by atoms with Crippen LogP contribution in [-0.2, 0) is 10.3 Å². The Bertz CT molecular complexity index is 733. The molecular formula is C22H35N3O3. The molecule has 6 nitrogen and oxygen atoms in total. The fraction of sp³-hybridized carbons (Fsp3) is 0.773. The molecule has 2 aliphatic carbocycles. The molecule has 28 heavy (non-hydrogen) atoms. The van der Waals surface area contributed by atoms with Crippen molar-refractivity contribution in [3.8, 4) is 0 Å². The van der Waals surface area contributed by atoms with E-state index in [-0.39, 0.29) is 12.0 Å². The van der Waals surface area contributed by atoms with Crippen LogP contribution in [-0.4, -0.2) is 42.9 Å². The third-order valence-corrected chi connectivity index (χ3v) is 7.09. The molecule has 1 aromatic rings. The number of aliphatic imine (C=N–C) groups is 1. The van der Waals surface area contributed by atoms with E-state index in [9.17, 15) is 5.11 Å². The second kappa shape index (κ2) is 7.38. The van der Waals surface area contributed by atoms with Gasteiger partial charge in [-0.25, -0.2) is 4.99 Å². The first-order valence-electron chi connectivity index (χ1n) is 10.8. The number of hydrogen-bond acceptors (Lipinski definition) is 4. The summed E-state index contributed by atoms with van der Waals surface area (Å²) in [7, 11) is 0. The van der Waals surface area contributed by atoms with Crippen molar-refractivity contribution in [3.05, 3.63) is 23.2 Å². The fourth-order valence-electron chi connectivity index (χ4n) is 5.86. The Labute approximate surface area is 168 Å². The molecule has 156 valence electrons. The lowest BCUT2D eigenvalue weighted by molar-refractivity contribution is -0.125. The number of ether oxygens (including phenoxy) is 1. The van der Waals surface area contributed by atoms with Crippen molar-refractivity contribution in [3.63, 3.8) is 0 Å². The minimum absolute atomic E-state index is 0.276. The molecule has 1 aliphatic heterocycles. The zero-order chi connectivity index (χ0) is 19.9. The summed E-state index contributed by atoms with van der Waals surface area (Å²) in [6, 6.07) is 2.33. The minimum atomic E-state index is -1.06. The highest BCUT2D eigenvalue weighted by atomic mass is 16.5.